The first-order valence-corrected chi connectivity index (χ1v) is 5.53. The standard InChI is InChI=1S/C11H19NO4/c1-15-7-3-4-10(13)12-6-5-9(8-12)11(14)16-2/h9H,3-8H2,1-2H3. The predicted octanol–water partition coefficient (Wildman–Crippen LogP) is 0.435. The minimum absolute atomic E-state index is 0.100. The van der Waals surface area contributed by atoms with Gasteiger partial charge in [0.15, 0.2) is 0 Å². The Balaban J connectivity index is 2.29. The Morgan fingerprint density at radius 2 is 2.12 bits per heavy atom. The number of ether oxygens (including phenoxy) is 2. The van der Waals surface area contributed by atoms with E-state index in [1.54, 1.807) is 12.0 Å². The van der Waals surface area contributed by atoms with Crippen LogP contribution in [-0.2, 0) is 19.1 Å². The van der Waals surface area contributed by atoms with Crippen LogP contribution in [0.5, 0.6) is 0 Å². The van der Waals surface area contributed by atoms with Gasteiger partial charge in [-0.3, -0.25) is 9.59 Å². The summed E-state index contributed by atoms with van der Waals surface area (Å²) in [5.41, 5.74) is 0. The van der Waals surface area contributed by atoms with Gasteiger partial charge in [-0.25, -0.2) is 0 Å². The Labute approximate surface area is 95.7 Å². The summed E-state index contributed by atoms with van der Waals surface area (Å²) in [7, 11) is 3.00. The van der Waals surface area contributed by atoms with E-state index >= 15 is 0 Å². The third-order valence-corrected chi connectivity index (χ3v) is 2.81. The van der Waals surface area contributed by atoms with E-state index in [0.29, 0.717) is 32.5 Å². The first-order chi connectivity index (χ1) is 7.69. The molecule has 0 aromatic carbocycles. The van der Waals surface area contributed by atoms with E-state index in [2.05, 4.69) is 4.74 Å². The molecule has 0 N–H and O–H groups in total. The number of amides is 1. The number of hydrogen-bond donors (Lipinski definition) is 0. The van der Waals surface area contributed by atoms with Crippen molar-refractivity contribution < 1.29 is 19.1 Å². The van der Waals surface area contributed by atoms with Crippen LogP contribution in [0.3, 0.4) is 0 Å². The molecule has 1 unspecified atom stereocenters. The molecule has 0 aromatic heterocycles. The van der Waals surface area contributed by atoms with Gasteiger partial charge in [0.05, 0.1) is 13.0 Å². The highest BCUT2D eigenvalue weighted by atomic mass is 16.5. The van der Waals surface area contributed by atoms with Crippen LogP contribution < -0.4 is 0 Å². The Hall–Kier alpha value is -1.10. The third kappa shape index (κ3) is 3.48. The molecule has 1 fully saturated rings. The maximum Gasteiger partial charge on any atom is 0.310 e. The van der Waals surface area contributed by atoms with Crippen molar-refractivity contribution in [2.24, 2.45) is 5.92 Å². The van der Waals surface area contributed by atoms with Gasteiger partial charge in [-0.1, -0.05) is 0 Å². The van der Waals surface area contributed by atoms with E-state index in [9.17, 15) is 9.59 Å². The summed E-state index contributed by atoms with van der Waals surface area (Å²) in [6.07, 6.45) is 1.93. The van der Waals surface area contributed by atoms with Crippen molar-refractivity contribution >= 4 is 11.9 Å². The van der Waals surface area contributed by atoms with Gasteiger partial charge in [0.1, 0.15) is 0 Å². The summed E-state index contributed by atoms with van der Waals surface area (Å²) in [4.78, 5) is 24.7. The summed E-state index contributed by atoms with van der Waals surface area (Å²) < 4.78 is 9.55. The highest BCUT2D eigenvalue weighted by molar-refractivity contribution is 5.79. The molecule has 1 rings (SSSR count). The minimum atomic E-state index is -0.216. The Bertz CT molecular complexity index is 254. The number of rotatable bonds is 5. The summed E-state index contributed by atoms with van der Waals surface area (Å²) in [5, 5.41) is 0. The molecule has 0 spiro atoms. The molecule has 5 nitrogen and oxygen atoms in total. The number of esters is 1. The molecule has 1 aliphatic rings. The average molecular weight is 229 g/mol. The van der Waals surface area contributed by atoms with E-state index in [-0.39, 0.29) is 17.8 Å². The monoisotopic (exact) mass is 229 g/mol. The molecule has 0 aliphatic carbocycles. The van der Waals surface area contributed by atoms with Gasteiger partial charge >= 0.3 is 5.97 Å². The zero-order valence-electron chi connectivity index (χ0n) is 9.90. The quantitative estimate of drug-likeness (QED) is 0.507. The van der Waals surface area contributed by atoms with Crippen molar-refractivity contribution in [2.45, 2.75) is 19.3 Å². The largest absolute Gasteiger partial charge is 0.469 e. The predicted molar refractivity (Wildman–Crippen MR) is 57.8 cm³/mol. The highest BCUT2D eigenvalue weighted by Gasteiger charge is 2.31. The van der Waals surface area contributed by atoms with Crippen LogP contribution in [-0.4, -0.2) is 50.7 Å². The van der Waals surface area contributed by atoms with Gasteiger partial charge in [-0.05, 0) is 12.8 Å². The summed E-state index contributed by atoms with van der Waals surface area (Å²) in [6.45, 7) is 1.75. The Morgan fingerprint density at radius 1 is 1.38 bits per heavy atom. The molecule has 92 valence electrons. The average Bonchev–Trinajstić information content (AvgIpc) is 2.77. The maximum atomic E-state index is 11.7. The molecule has 0 aromatic rings. The number of carbonyl (C=O) groups excluding carboxylic acids is 2. The topological polar surface area (TPSA) is 55.8 Å². The first-order valence-electron chi connectivity index (χ1n) is 5.53. The van der Waals surface area contributed by atoms with Gasteiger partial charge < -0.3 is 14.4 Å². The SMILES string of the molecule is COCCCC(=O)N1CCC(C(=O)OC)C1. The Morgan fingerprint density at radius 3 is 2.75 bits per heavy atom. The highest BCUT2D eigenvalue weighted by Crippen LogP contribution is 2.18. The second kappa shape index (κ2) is 6.48. The van der Waals surface area contributed by atoms with Crippen molar-refractivity contribution in [3.05, 3.63) is 0 Å². The van der Waals surface area contributed by atoms with Crippen molar-refractivity contribution in [2.75, 3.05) is 33.9 Å². The molecule has 0 radical (unpaired) electrons. The molecule has 16 heavy (non-hydrogen) atoms. The molecule has 1 amide bonds. The number of methoxy groups -OCH3 is 2. The van der Waals surface area contributed by atoms with Gasteiger partial charge in [0.25, 0.3) is 0 Å². The zero-order valence-corrected chi connectivity index (χ0v) is 9.90. The van der Waals surface area contributed by atoms with Crippen LogP contribution in [0, 0.1) is 5.92 Å². The fourth-order valence-electron chi connectivity index (χ4n) is 1.87. The lowest BCUT2D eigenvalue weighted by molar-refractivity contribution is -0.145. The molecular weight excluding hydrogens is 210 g/mol. The van der Waals surface area contributed by atoms with Crippen molar-refractivity contribution in [3.63, 3.8) is 0 Å². The van der Waals surface area contributed by atoms with E-state index in [0.717, 1.165) is 6.42 Å². The molecule has 1 atom stereocenters. The molecule has 1 saturated heterocycles. The van der Waals surface area contributed by atoms with Crippen LogP contribution >= 0.6 is 0 Å². The maximum absolute atomic E-state index is 11.7. The van der Waals surface area contributed by atoms with Crippen LogP contribution in [0.2, 0.25) is 0 Å². The van der Waals surface area contributed by atoms with E-state index in [4.69, 9.17) is 4.74 Å². The van der Waals surface area contributed by atoms with Gasteiger partial charge in [0.2, 0.25) is 5.91 Å². The normalized spacial score (nSPS) is 19.9. The van der Waals surface area contributed by atoms with E-state index in [1.807, 2.05) is 0 Å². The number of likely N-dealkylation sites (tertiary alicyclic amines) is 1. The molecular formula is C11H19NO4. The molecule has 0 saturated carbocycles. The molecule has 1 aliphatic heterocycles. The second-order valence-corrected chi connectivity index (χ2v) is 3.94. The van der Waals surface area contributed by atoms with Crippen LogP contribution in [0.25, 0.3) is 0 Å². The molecule has 1 heterocycles. The first kappa shape index (κ1) is 13.0. The lowest BCUT2D eigenvalue weighted by Crippen LogP contribution is -2.30. The zero-order chi connectivity index (χ0) is 12.0. The lowest BCUT2D eigenvalue weighted by Gasteiger charge is -2.15. The number of carbonyl (C=O) groups is 2. The third-order valence-electron chi connectivity index (χ3n) is 2.81. The lowest BCUT2D eigenvalue weighted by atomic mass is 10.1. The number of nitrogens with zero attached hydrogens (tertiary/aromatic N) is 1. The van der Waals surface area contributed by atoms with Gasteiger partial charge in [-0.15, -0.1) is 0 Å². The summed E-state index contributed by atoms with van der Waals surface area (Å²) in [6, 6.07) is 0. The van der Waals surface area contributed by atoms with Crippen molar-refractivity contribution in [1.82, 2.24) is 4.90 Å². The molecule has 0 bridgehead atoms. The molecule has 5 heteroatoms. The van der Waals surface area contributed by atoms with E-state index in [1.165, 1.54) is 7.11 Å². The second-order valence-electron chi connectivity index (χ2n) is 3.94. The van der Waals surface area contributed by atoms with Crippen molar-refractivity contribution in [1.29, 1.82) is 0 Å². The minimum Gasteiger partial charge on any atom is -0.469 e. The fraction of sp³-hybridized carbons (Fsp3) is 0.818. The van der Waals surface area contributed by atoms with Crippen LogP contribution in [0.1, 0.15) is 19.3 Å². The number of hydrogen-bond acceptors (Lipinski definition) is 4. The smallest absolute Gasteiger partial charge is 0.310 e. The van der Waals surface area contributed by atoms with Gasteiger partial charge in [0, 0.05) is 33.2 Å². The van der Waals surface area contributed by atoms with Crippen molar-refractivity contribution in [3.8, 4) is 0 Å². The van der Waals surface area contributed by atoms with Crippen LogP contribution in [0.4, 0.5) is 0 Å². The van der Waals surface area contributed by atoms with Crippen LogP contribution in [0.15, 0.2) is 0 Å². The van der Waals surface area contributed by atoms with Gasteiger partial charge in [-0.2, -0.15) is 0 Å². The summed E-state index contributed by atoms with van der Waals surface area (Å²) in [5.74, 6) is -0.257. The Kier molecular flexibility index (Phi) is 5.25. The van der Waals surface area contributed by atoms with E-state index < -0.39 is 0 Å². The fourth-order valence-corrected chi connectivity index (χ4v) is 1.87. The summed E-state index contributed by atoms with van der Waals surface area (Å²) >= 11 is 0.